The van der Waals surface area contributed by atoms with E-state index in [0.29, 0.717) is 5.92 Å². The van der Waals surface area contributed by atoms with Gasteiger partial charge in [0.25, 0.3) is 0 Å². The van der Waals surface area contributed by atoms with Gasteiger partial charge < -0.3 is 5.32 Å². The third-order valence-corrected chi connectivity index (χ3v) is 4.03. The Morgan fingerprint density at radius 1 is 1.29 bits per heavy atom. The summed E-state index contributed by atoms with van der Waals surface area (Å²) < 4.78 is 0.955. The average molecular weight is 349 g/mol. The first-order chi connectivity index (χ1) is 10.0. The Morgan fingerprint density at radius 2 is 2.05 bits per heavy atom. The van der Waals surface area contributed by atoms with Gasteiger partial charge in [0.15, 0.2) is 5.82 Å². The van der Waals surface area contributed by atoms with Gasteiger partial charge in [0, 0.05) is 24.5 Å². The summed E-state index contributed by atoms with van der Waals surface area (Å²) in [6.07, 6.45) is 4.66. The molecule has 0 spiro atoms. The molecule has 5 heteroatoms. The molecule has 4 nitrogen and oxygen atoms in total. The number of nitrogens with zero attached hydrogens (tertiary/aromatic N) is 3. The van der Waals surface area contributed by atoms with Crippen molar-refractivity contribution in [2.45, 2.75) is 40.0 Å². The molecule has 2 heterocycles. The topological polar surface area (TPSA) is 50.7 Å². The number of hydrogen-bond donors (Lipinski definition) is 1. The highest BCUT2D eigenvalue weighted by Crippen LogP contribution is 2.32. The average Bonchev–Trinajstić information content (AvgIpc) is 2.46. The molecule has 0 saturated carbocycles. The summed E-state index contributed by atoms with van der Waals surface area (Å²) in [7, 11) is 0. The predicted molar refractivity (Wildman–Crippen MR) is 90.6 cm³/mol. The Kier molecular flexibility index (Phi) is 5.28. The molecular formula is C16H21BrN4. The van der Waals surface area contributed by atoms with Crippen LogP contribution in [0.5, 0.6) is 0 Å². The molecule has 0 fully saturated rings. The van der Waals surface area contributed by atoms with Crippen LogP contribution in [0.25, 0.3) is 11.4 Å². The van der Waals surface area contributed by atoms with E-state index in [9.17, 15) is 0 Å². The molecule has 0 aliphatic heterocycles. The largest absolute Gasteiger partial charge is 0.369 e. The number of nitrogens with one attached hydrogen (secondary N) is 1. The number of anilines is 1. The normalized spacial score (nSPS) is 11.0. The van der Waals surface area contributed by atoms with Crippen LogP contribution < -0.4 is 5.32 Å². The van der Waals surface area contributed by atoms with Crippen molar-refractivity contribution in [2.75, 3.05) is 11.9 Å². The lowest BCUT2D eigenvalue weighted by Gasteiger charge is -2.15. The Labute approximate surface area is 134 Å². The van der Waals surface area contributed by atoms with Crippen molar-refractivity contribution in [1.82, 2.24) is 15.0 Å². The van der Waals surface area contributed by atoms with Gasteiger partial charge in [-0.25, -0.2) is 9.97 Å². The Hall–Kier alpha value is -1.49. The molecule has 21 heavy (non-hydrogen) atoms. The third kappa shape index (κ3) is 3.59. The summed E-state index contributed by atoms with van der Waals surface area (Å²) in [4.78, 5) is 13.6. The van der Waals surface area contributed by atoms with Crippen molar-refractivity contribution in [1.29, 1.82) is 0 Å². The van der Waals surface area contributed by atoms with Crippen LogP contribution in [0.2, 0.25) is 0 Å². The van der Waals surface area contributed by atoms with Gasteiger partial charge in [0.1, 0.15) is 5.82 Å². The van der Waals surface area contributed by atoms with Crippen LogP contribution in [0.3, 0.4) is 0 Å². The van der Waals surface area contributed by atoms with Crippen LogP contribution in [0.1, 0.15) is 44.4 Å². The minimum Gasteiger partial charge on any atom is -0.369 e. The highest BCUT2D eigenvalue weighted by Gasteiger charge is 2.16. The molecule has 0 unspecified atom stereocenters. The van der Waals surface area contributed by atoms with Crippen LogP contribution in [-0.2, 0) is 0 Å². The Balaban J connectivity index is 2.56. The van der Waals surface area contributed by atoms with Crippen LogP contribution in [0.4, 0.5) is 5.82 Å². The van der Waals surface area contributed by atoms with Gasteiger partial charge in [-0.05, 0) is 46.8 Å². The van der Waals surface area contributed by atoms with Gasteiger partial charge in [-0.3, -0.25) is 4.98 Å². The van der Waals surface area contributed by atoms with Gasteiger partial charge in [-0.2, -0.15) is 0 Å². The van der Waals surface area contributed by atoms with Gasteiger partial charge in [0.2, 0.25) is 0 Å². The van der Waals surface area contributed by atoms with Crippen LogP contribution in [0, 0.1) is 6.92 Å². The second kappa shape index (κ2) is 6.98. The van der Waals surface area contributed by atoms with Crippen LogP contribution in [0.15, 0.2) is 22.9 Å². The highest BCUT2D eigenvalue weighted by molar-refractivity contribution is 9.10. The summed E-state index contributed by atoms with van der Waals surface area (Å²) >= 11 is 3.63. The number of hydrogen-bond acceptors (Lipinski definition) is 4. The monoisotopic (exact) mass is 348 g/mol. The zero-order valence-corrected chi connectivity index (χ0v) is 14.5. The van der Waals surface area contributed by atoms with E-state index in [2.05, 4.69) is 58.9 Å². The SMILES string of the molecule is CCCNc1nc(-c2cnccc2C)nc(C(C)C)c1Br. The van der Waals surface area contributed by atoms with Crippen molar-refractivity contribution in [2.24, 2.45) is 0 Å². The fourth-order valence-corrected chi connectivity index (χ4v) is 2.80. The molecule has 0 saturated heterocycles. The number of rotatable bonds is 5. The molecule has 0 aromatic carbocycles. The van der Waals surface area contributed by atoms with E-state index in [4.69, 9.17) is 4.98 Å². The van der Waals surface area contributed by atoms with Crippen molar-refractivity contribution >= 4 is 21.7 Å². The van der Waals surface area contributed by atoms with Crippen LogP contribution in [-0.4, -0.2) is 21.5 Å². The zero-order chi connectivity index (χ0) is 15.4. The maximum atomic E-state index is 4.73. The fourth-order valence-electron chi connectivity index (χ4n) is 2.03. The fraction of sp³-hybridized carbons (Fsp3) is 0.438. The Bertz CT molecular complexity index is 626. The lowest BCUT2D eigenvalue weighted by Crippen LogP contribution is -2.08. The van der Waals surface area contributed by atoms with E-state index in [1.54, 1.807) is 6.20 Å². The molecule has 2 aromatic heterocycles. The number of aryl methyl sites for hydroxylation is 1. The quantitative estimate of drug-likeness (QED) is 0.860. The first-order valence-electron chi connectivity index (χ1n) is 7.26. The second-order valence-corrected chi connectivity index (χ2v) is 6.16. The number of halogens is 1. The van der Waals surface area contributed by atoms with E-state index < -0.39 is 0 Å². The predicted octanol–water partition coefficient (Wildman–Crippen LogP) is 4.55. The molecule has 2 aromatic rings. The molecule has 0 aliphatic rings. The van der Waals surface area contributed by atoms with E-state index in [-0.39, 0.29) is 0 Å². The minimum atomic E-state index is 0.320. The summed E-state index contributed by atoms with van der Waals surface area (Å²) in [6, 6.07) is 1.98. The van der Waals surface area contributed by atoms with Gasteiger partial charge >= 0.3 is 0 Å². The third-order valence-electron chi connectivity index (χ3n) is 3.25. The Morgan fingerprint density at radius 3 is 2.67 bits per heavy atom. The van der Waals surface area contributed by atoms with Crippen molar-refractivity contribution in [3.8, 4) is 11.4 Å². The molecule has 0 radical (unpaired) electrons. The van der Waals surface area contributed by atoms with E-state index in [1.165, 1.54) is 0 Å². The second-order valence-electron chi connectivity index (χ2n) is 5.37. The smallest absolute Gasteiger partial charge is 0.163 e. The van der Waals surface area contributed by atoms with Gasteiger partial charge in [-0.15, -0.1) is 0 Å². The summed E-state index contributed by atoms with van der Waals surface area (Å²) in [6.45, 7) is 9.35. The van der Waals surface area contributed by atoms with Crippen LogP contribution >= 0.6 is 15.9 Å². The van der Waals surface area contributed by atoms with E-state index in [1.807, 2.05) is 12.3 Å². The molecular weight excluding hydrogens is 328 g/mol. The molecule has 0 atom stereocenters. The first kappa shape index (κ1) is 15.9. The standard InChI is InChI=1S/C16H21BrN4/c1-5-7-19-16-13(17)14(10(2)3)20-15(21-16)12-9-18-8-6-11(12)4/h6,8-10H,5,7H2,1-4H3,(H,19,20,21). The maximum absolute atomic E-state index is 4.73. The van der Waals surface area contributed by atoms with Gasteiger partial charge in [0.05, 0.1) is 10.2 Å². The summed E-state index contributed by atoms with van der Waals surface area (Å²) in [5.74, 6) is 1.90. The van der Waals surface area contributed by atoms with E-state index in [0.717, 1.165) is 45.9 Å². The summed E-state index contributed by atoms with van der Waals surface area (Å²) in [5, 5.41) is 3.37. The van der Waals surface area contributed by atoms with Crippen molar-refractivity contribution in [3.05, 3.63) is 34.2 Å². The van der Waals surface area contributed by atoms with Gasteiger partial charge in [-0.1, -0.05) is 20.8 Å². The molecule has 0 aliphatic carbocycles. The first-order valence-corrected chi connectivity index (χ1v) is 8.06. The lowest BCUT2D eigenvalue weighted by molar-refractivity contribution is 0.808. The molecule has 0 bridgehead atoms. The maximum Gasteiger partial charge on any atom is 0.163 e. The van der Waals surface area contributed by atoms with Crippen molar-refractivity contribution in [3.63, 3.8) is 0 Å². The minimum absolute atomic E-state index is 0.320. The molecule has 2 rings (SSSR count). The highest BCUT2D eigenvalue weighted by atomic mass is 79.9. The molecule has 112 valence electrons. The summed E-state index contributed by atoms with van der Waals surface area (Å²) in [5.41, 5.74) is 3.12. The van der Waals surface area contributed by atoms with E-state index >= 15 is 0 Å². The molecule has 0 amide bonds. The zero-order valence-electron chi connectivity index (χ0n) is 12.9. The van der Waals surface area contributed by atoms with Crippen molar-refractivity contribution < 1.29 is 0 Å². The number of pyridine rings is 1. The molecule has 1 N–H and O–H groups in total. The lowest BCUT2D eigenvalue weighted by atomic mass is 10.1. The number of aromatic nitrogens is 3.